The minimum Gasteiger partial charge on any atom is -0.449 e. The van der Waals surface area contributed by atoms with Crippen molar-refractivity contribution in [2.45, 2.75) is 19.6 Å². The lowest BCUT2D eigenvalue weighted by Gasteiger charge is -2.12. The molecule has 2 heterocycles. The zero-order valence-corrected chi connectivity index (χ0v) is 17.6. The molecule has 2 aromatic carbocycles. The number of ether oxygens (including phenoxy) is 1. The maximum atomic E-state index is 12.4. The Bertz CT molecular complexity index is 1160. The fraction of sp³-hybridized carbons (Fsp3) is 0.130. The van der Waals surface area contributed by atoms with E-state index >= 15 is 0 Å². The number of carbonyl (C=O) groups is 2. The van der Waals surface area contributed by atoms with E-state index in [-0.39, 0.29) is 0 Å². The number of nitrogens with zero attached hydrogens (tertiary/aromatic N) is 3. The van der Waals surface area contributed by atoms with Crippen LogP contribution in [-0.4, -0.2) is 32.7 Å². The molecule has 8 heteroatoms. The number of rotatable bonds is 7. The molecule has 0 radical (unpaired) electrons. The molecule has 0 spiro atoms. The second-order valence-corrected chi connectivity index (χ2v) is 7.70. The molecule has 4 rings (SSSR count). The minimum absolute atomic E-state index is 0.379. The lowest BCUT2D eigenvalue weighted by molar-refractivity contribution is -0.123. The molecule has 0 saturated heterocycles. The van der Waals surface area contributed by atoms with E-state index in [2.05, 4.69) is 15.4 Å². The van der Waals surface area contributed by atoms with Crippen LogP contribution < -0.4 is 5.32 Å². The van der Waals surface area contributed by atoms with Gasteiger partial charge in [0.25, 0.3) is 5.91 Å². The Hall–Kier alpha value is -3.78. The molecule has 1 amide bonds. The molecule has 156 valence electrons. The first kappa shape index (κ1) is 20.5. The Kier molecular flexibility index (Phi) is 6.18. The van der Waals surface area contributed by atoms with Crippen LogP contribution in [0.1, 0.15) is 22.8 Å². The first-order valence-electron chi connectivity index (χ1n) is 9.67. The Labute approximate surface area is 183 Å². The van der Waals surface area contributed by atoms with Gasteiger partial charge in [-0.1, -0.05) is 42.5 Å². The van der Waals surface area contributed by atoms with Crippen molar-refractivity contribution in [1.82, 2.24) is 14.8 Å². The maximum Gasteiger partial charge on any atom is 0.338 e. The number of hydrogen-bond acceptors (Lipinski definition) is 6. The number of thiazole rings is 1. The largest absolute Gasteiger partial charge is 0.449 e. The Morgan fingerprint density at radius 1 is 1.10 bits per heavy atom. The van der Waals surface area contributed by atoms with Gasteiger partial charge in [0.2, 0.25) is 0 Å². The van der Waals surface area contributed by atoms with Crippen molar-refractivity contribution in [1.29, 1.82) is 0 Å². The fourth-order valence-corrected chi connectivity index (χ4v) is 3.61. The van der Waals surface area contributed by atoms with Crippen LogP contribution in [0.25, 0.3) is 11.3 Å². The third kappa shape index (κ3) is 5.23. The van der Waals surface area contributed by atoms with Crippen molar-refractivity contribution in [2.24, 2.45) is 0 Å². The number of carbonyl (C=O) groups excluding carboxylic acids is 2. The molecule has 0 bridgehead atoms. The van der Waals surface area contributed by atoms with Gasteiger partial charge in [-0.05, 0) is 30.7 Å². The summed E-state index contributed by atoms with van der Waals surface area (Å²) in [6.45, 7) is 2.14. The molecule has 1 N–H and O–H groups in total. The molecule has 0 fully saturated rings. The summed E-state index contributed by atoms with van der Waals surface area (Å²) >= 11 is 1.32. The van der Waals surface area contributed by atoms with Crippen LogP contribution in [0.2, 0.25) is 0 Å². The standard InChI is InChI=1S/C23H20N4O3S/c1-16(21(28)26-23-25-20(15-31-23)18-6-3-2-4-7-18)30-22(29)19-10-8-17(9-11-19)14-27-13-5-12-24-27/h2-13,15-16H,14H2,1H3,(H,25,26,28). The predicted molar refractivity (Wildman–Crippen MR) is 119 cm³/mol. The zero-order chi connectivity index (χ0) is 21.6. The van der Waals surface area contributed by atoms with Crippen molar-refractivity contribution >= 4 is 28.3 Å². The van der Waals surface area contributed by atoms with Crippen molar-refractivity contribution in [2.75, 3.05) is 5.32 Å². The van der Waals surface area contributed by atoms with Gasteiger partial charge in [-0.15, -0.1) is 11.3 Å². The van der Waals surface area contributed by atoms with E-state index < -0.39 is 18.0 Å². The fourth-order valence-electron chi connectivity index (χ4n) is 2.89. The number of anilines is 1. The second kappa shape index (κ2) is 9.36. The van der Waals surface area contributed by atoms with E-state index in [9.17, 15) is 9.59 Å². The topological polar surface area (TPSA) is 86.1 Å². The van der Waals surface area contributed by atoms with E-state index in [1.165, 1.54) is 18.3 Å². The Morgan fingerprint density at radius 2 is 1.87 bits per heavy atom. The van der Waals surface area contributed by atoms with Crippen LogP contribution in [0.5, 0.6) is 0 Å². The summed E-state index contributed by atoms with van der Waals surface area (Å²) in [6.07, 6.45) is 2.63. The van der Waals surface area contributed by atoms with Crippen LogP contribution in [-0.2, 0) is 16.1 Å². The third-order valence-electron chi connectivity index (χ3n) is 4.55. The van der Waals surface area contributed by atoms with E-state index in [1.807, 2.05) is 60.1 Å². The first-order chi connectivity index (χ1) is 15.1. The number of hydrogen-bond donors (Lipinski definition) is 1. The SMILES string of the molecule is CC(OC(=O)c1ccc(Cn2cccn2)cc1)C(=O)Nc1nc(-c2ccccc2)cs1. The molecule has 0 aliphatic rings. The van der Waals surface area contributed by atoms with E-state index in [4.69, 9.17) is 4.74 Å². The highest BCUT2D eigenvalue weighted by atomic mass is 32.1. The van der Waals surface area contributed by atoms with Crippen LogP contribution in [0.3, 0.4) is 0 Å². The maximum absolute atomic E-state index is 12.4. The number of amides is 1. The van der Waals surface area contributed by atoms with Gasteiger partial charge in [0.05, 0.1) is 17.8 Å². The highest BCUT2D eigenvalue weighted by molar-refractivity contribution is 7.14. The van der Waals surface area contributed by atoms with E-state index in [0.717, 1.165) is 16.8 Å². The summed E-state index contributed by atoms with van der Waals surface area (Å²) in [7, 11) is 0. The Morgan fingerprint density at radius 3 is 2.58 bits per heavy atom. The van der Waals surface area contributed by atoms with Gasteiger partial charge < -0.3 is 4.74 Å². The quantitative estimate of drug-likeness (QED) is 0.442. The molecule has 7 nitrogen and oxygen atoms in total. The van der Waals surface area contributed by atoms with Gasteiger partial charge in [0.1, 0.15) is 0 Å². The van der Waals surface area contributed by atoms with Gasteiger partial charge in [-0.3, -0.25) is 14.8 Å². The molecule has 1 atom stereocenters. The third-order valence-corrected chi connectivity index (χ3v) is 5.31. The number of nitrogens with one attached hydrogen (secondary N) is 1. The molecule has 0 aliphatic heterocycles. The smallest absolute Gasteiger partial charge is 0.338 e. The molecule has 4 aromatic rings. The summed E-state index contributed by atoms with van der Waals surface area (Å²) in [5.74, 6) is -0.991. The van der Waals surface area contributed by atoms with Gasteiger partial charge in [-0.2, -0.15) is 5.10 Å². The van der Waals surface area contributed by atoms with E-state index in [1.54, 1.807) is 23.0 Å². The minimum atomic E-state index is -0.958. The lowest BCUT2D eigenvalue weighted by atomic mass is 10.1. The number of benzene rings is 2. The van der Waals surface area contributed by atoms with Crippen molar-refractivity contribution in [3.05, 3.63) is 89.6 Å². The second-order valence-electron chi connectivity index (χ2n) is 6.84. The molecule has 31 heavy (non-hydrogen) atoms. The van der Waals surface area contributed by atoms with Gasteiger partial charge in [0.15, 0.2) is 11.2 Å². The highest BCUT2D eigenvalue weighted by Crippen LogP contribution is 2.24. The normalized spacial score (nSPS) is 11.6. The van der Waals surface area contributed by atoms with Crippen LogP contribution >= 0.6 is 11.3 Å². The van der Waals surface area contributed by atoms with Gasteiger partial charge in [-0.25, -0.2) is 9.78 Å². The van der Waals surface area contributed by atoms with Crippen molar-refractivity contribution in [3.63, 3.8) is 0 Å². The monoisotopic (exact) mass is 432 g/mol. The first-order valence-corrected chi connectivity index (χ1v) is 10.6. The summed E-state index contributed by atoms with van der Waals surface area (Å²) < 4.78 is 7.11. The molecule has 2 aromatic heterocycles. The number of aromatic nitrogens is 3. The van der Waals surface area contributed by atoms with Crippen LogP contribution in [0, 0.1) is 0 Å². The molecule has 0 saturated carbocycles. The summed E-state index contributed by atoms with van der Waals surface area (Å²) in [4.78, 5) is 29.2. The molecular weight excluding hydrogens is 412 g/mol. The zero-order valence-electron chi connectivity index (χ0n) is 16.8. The lowest BCUT2D eigenvalue weighted by Crippen LogP contribution is -2.30. The van der Waals surface area contributed by atoms with Crippen molar-refractivity contribution < 1.29 is 14.3 Å². The summed E-state index contributed by atoms with van der Waals surface area (Å²) in [6, 6.07) is 18.6. The van der Waals surface area contributed by atoms with Gasteiger partial charge in [0, 0.05) is 23.3 Å². The average molecular weight is 433 g/mol. The van der Waals surface area contributed by atoms with Gasteiger partial charge >= 0.3 is 5.97 Å². The molecular formula is C23H20N4O3S. The average Bonchev–Trinajstić information content (AvgIpc) is 3.47. The molecule has 0 aliphatic carbocycles. The van der Waals surface area contributed by atoms with E-state index in [0.29, 0.717) is 17.2 Å². The Balaban J connectivity index is 1.32. The predicted octanol–water partition coefficient (Wildman–Crippen LogP) is 4.24. The van der Waals surface area contributed by atoms with Crippen LogP contribution in [0.4, 0.5) is 5.13 Å². The summed E-state index contributed by atoms with van der Waals surface area (Å²) in [5, 5.41) is 9.18. The summed E-state index contributed by atoms with van der Waals surface area (Å²) in [5.41, 5.74) is 3.13. The van der Waals surface area contributed by atoms with Crippen LogP contribution in [0.15, 0.2) is 78.4 Å². The number of esters is 1. The van der Waals surface area contributed by atoms with Crippen molar-refractivity contribution in [3.8, 4) is 11.3 Å². The molecule has 1 unspecified atom stereocenters. The highest BCUT2D eigenvalue weighted by Gasteiger charge is 2.20.